The van der Waals surface area contributed by atoms with Crippen molar-refractivity contribution in [2.24, 2.45) is 11.1 Å². The minimum absolute atomic E-state index is 0.103. The molecule has 0 bridgehead atoms. The molecular formula is C27H30N4O3. The second kappa shape index (κ2) is 8.03. The van der Waals surface area contributed by atoms with Crippen LogP contribution in [0.3, 0.4) is 0 Å². The van der Waals surface area contributed by atoms with Crippen LogP contribution in [-0.4, -0.2) is 46.7 Å². The molecule has 7 heteroatoms. The lowest BCUT2D eigenvalue weighted by atomic mass is 9.73. The summed E-state index contributed by atoms with van der Waals surface area (Å²) >= 11 is 0. The molecule has 3 heterocycles. The Hall–Kier alpha value is -3.03. The average Bonchev–Trinajstić information content (AvgIpc) is 3.31. The lowest BCUT2D eigenvalue weighted by Crippen LogP contribution is -2.52. The molecule has 3 amide bonds. The maximum Gasteiger partial charge on any atom is 0.255 e. The Balaban J connectivity index is 1.15. The van der Waals surface area contributed by atoms with Crippen molar-refractivity contribution in [3.05, 3.63) is 70.3 Å². The van der Waals surface area contributed by atoms with E-state index in [0.717, 1.165) is 50.0 Å². The van der Waals surface area contributed by atoms with E-state index in [9.17, 15) is 14.4 Å². The van der Waals surface area contributed by atoms with E-state index in [2.05, 4.69) is 40.5 Å². The number of benzene rings is 2. The number of carbonyl (C=O) groups is 3. The number of hydrogen-bond acceptors (Lipinski definition) is 5. The van der Waals surface area contributed by atoms with Crippen molar-refractivity contribution >= 4 is 17.7 Å². The third-order valence-corrected chi connectivity index (χ3v) is 8.52. The first-order chi connectivity index (χ1) is 16.4. The molecule has 2 saturated heterocycles. The fraction of sp³-hybridized carbons (Fsp3) is 0.444. The Morgan fingerprint density at radius 3 is 2.59 bits per heavy atom. The van der Waals surface area contributed by atoms with E-state index >= 15 is 0 Å². The van der Waals surface area contributed by atoms with Gasteiger partial charge in [-0.1, -0.05) is 36.4 Å². The molecule has 2 aromatic rings. The zero-order chi connectivity index (χ0) is 23.4. The molecule has 2 atom stereocenters. The second-order valence-electron chi connectivity index (χ2n) is 10.3. The van der Waals surface area contributed by atoms with Crippen LogP contribution in [0.1, 0.15) is 64.3 Å². The Morgan fingerprint density at radius 2 is 1.82 bits per heavy atom. The van der Waals surface area contributed by atoms with Crippen molar-refractivity contribution in [3.63, 3.8) is 0 Å². The second-order valence-corrected chi connectivity index (χ2v) is 10.3. The van der Waals surface area contributed by atoms with Crippen LogP contribution in [0.25, 0.3) is 0 Å². The fourth-order valence-corrected chi connectivity index (χ4v) is 6.50. The van der Waals surface area contributed by atoms with Gasteiger partial charge in [-0.2, -0.15) is 0 Å². The number of nitrogens with one attached hydrogen (secondary N) is 1. The Bertz CT molecular complexity index is 1180. The van der Waals surface area contributed by atoms with Crippen molar-refractivity contribution in [2.45, 2.75) is 57.3 Å². The lowest BCUT2D eigenvalue weighted by Gasteiger charge is -2.42. The lowest BCUT2D eigenvalue weighted by molar-refractivity contribution is -0.136. The number of imide groups is 1. The molecule has 2 unspecified atom stereocenters. The molecule has 7 nitrogen and oxygen atoms in total. The fourth-order valence-electron chi connectivity index (χ4n) is 6.50. The highest BCUT2D eigenvalue weighted by Gasteiger charge is 2.46. The summed E-state index contributed by atoms with van der Waals surface area (Å²) in [5, 5.41) is 2.38. The van der Waals surface area contributed by atoms with E-state index in [1.165, 1.54) is 11.1 Å². The number of carbonyl (C=O) groups excluding carboxylic acids is 3. The highest BCUT2D eigenvalue weighted by atomic mass is 16.2. The topological polar surface area (TPSA) is 95.7 Å². The summed E-state index contributed by atoms with van der Waals surface area (Å²) in [4.78, 5) is 41.1. The number of amides is 3. The maximum absolute atomic E-state index is 13.1. The van der Waals surface area contributed by atoms with E-state index in [4.69, 9.17) is 5.73 Å². The molecular weight excluding hydrogens is 428 g/mol. The number of likely N-dealkylation sites (tertiary alicyclic amines) is 1. The van der Waals surface area contributed by atoms with Crippen molar-refractivity contribution < 1.29 is 14.4 Å². The van der Waals surface area contributed by atoms with Gasteiger partial charge < -0.3 is 10.6 Å². The van der Waals surface area contributed by atoms with Crippen molar-refractivity contribution in [1.29, 1.82) is 0 Å². The predicted octanol–water partition coefficient (Wildman–Crippen LogP) is 2.29. The van der Waals surface area contributed by atoms with Gasteiger partial charge in [0.1, 0.15) is 6.04 Å². The highest BCUT2D eigenvalue weighted by molar-refractivity contribution is 6.05. The quantitative estimate of drug-likeness (QED) is 0.688. The normalized spacial score (nSPS) is 26.0. The Labute approximate surface area is 199 Å². The zero-order valence-corrected chi connectivity index (χ0v) is 19.3. The van der Waals surface area contributed by atoms with E-state index in [1.54, 1.807) is 4.90 Å². The summed E-state index contributed by atoms with van der Waals surface area (Å²) in [5.74, 6) is -0.744. The van der Waals surface area contributed by atoms with Crippen LogP contribution in [0.4, 0.5) is 0 Å². The third-order valence-electron chi connectivity index (χ3n) is 8.52. The van der Waals surface area contributed by atoms with Gasteiger partial charge >= 0.3 is 0 Å². The molecule has 0 saturated carbocycles. The van der Waals surface area contributed by atoms with Crippen LogP contribution >= 0.6 is 0 Å². The van der Waals surface area contributed by atoms with Crippen LogP contribution in [0.5, 0.6) is 0 Å². The van der Waals surface area contributed by atoms with Crippen LogP contribution < -0.4 is 11.1 Å². The number of nitrogens with zero attached hydrogens (tertiary/aromatic N) is 2. The standard InChI is InChI=1S/C27H30N4O3/c28-24-19-6-2-1-4-17(19)14-27(24)10-12-30(13-11-27)15-18-5-3-7-20-21(18)16-31(26(20)34)22-8-9-23(32)29-25(22)33/h1-7,22,24H,8-16,28H2,(H,29,32,33). The van der Waals surface area contributed by atoms with Crippen LogP contribution in [0, 0.1) is 5.41 Å². The van der Waals surface area contributed by atoms with Crippen LogP contribution in [0.15, 0.2) is 42.5 Å². The maximum atomic E-state index is 13.1. The van der Waals surface area contributed by atoms with Gasteiger partial charge in [0.15, 0.2) is 0 Å². The number of hydrogen-bond donors (Lipinski definition) is 2. The van der Waals surface area contributed by atoms with Gasteiger partial charge in [-0.15, -0.1) is 0 Å². The number of rotatable bonds is 3. The Morgan fingerprint density at radius 1 is 1.03 bits per heavy atom. The largest absolute Gasteiger partial charge is 0.323 e. The van der Waals surface area contributed by atoms with Gasteiger partial charge in [0.2, 0.25) is 11.8 Å². The first-order valence-corrected chi connectivity index (χ1v) is 12.3. The molecule has 0 aromatic heterocycles. The molecule has 3 N–H and O–H groups in total. The smallest absolute Gasteiger partial charge is 0.255 e. The molecule has 1 aliphatic carbocycles. The van der Waals surface area contributed by atoms with Crippen molar-refractivity contribution in [3.8, 4) is 0 Å². The summed E-state index contributed by atoms with van der Waals surface area (Å²) in [5.41, 5.74) is 12.4. The molecule has 2 fully saturated rings. The first kappa shape index (κ1) is 21.5. The van der Waals surface area contributed by atoms with E-state index in [0.29, 0.717) is 18.5 Å². The van der Waals surface area contributed by atoms with Gasteiger partial charge in [-0.25, -0.2) is 0 Å². The van der Waals surface area contributed by atoms with E-state index < -0.39 is 6.04 Å². The molecule has 34 heavy (non-hydrogen) atoms. The monoisotopic (exact) mass is 458 g/mol. The molecule has 1 spiro atoms. The van der Waals surface area contributed by atoms with Crippen LogP contribution in [0.2, 0.25) is 0 Å². The minimum atomic E-state index is -0.578. The van der Waals surface area contributed by atoms with Gasteiger partial charge in [0.05, 0.1) is 0 Å². The first-order valence-electron chi connectivity index (χ1n) is 12.3. The summed E-state index contributed by atoms with van der Waals surface area (Å²) in [6.07, 6.45) is 3.86. The zero-order valence-electron chi connectivity index (χ0n) is 19.3. The average molecular weight is 459 g/mol. The van der Waals surface area contributed by atoms with Crippen molar-refractivity contribution in [2.75, 3.05) is 13.1 Å². The molecule has 176 valence electrons. The number of fused-ring (bicyclic) bond motifs is 2. The summed E-state index contributed by atoms with van der Waals surface area (Å²) in [7, 11) is 0. The van der Waals surface area contributed by atoms with Gasteiger partial charge in [0.25, 0.3) is 5.91 Å². The molecule has 0 radical (unpaired) electrons. The third kappa shape index (κ3) is 3.37. The summed E-state index contributed by atoms with van der Waals surface area (Å²) in [6.45, 7) is 3.18. The minimum Gasteiger partial charge on any atom is -0.323 e. The summed E-state index contributed by atoms with van der Waals surface area (Å²) in [6, 6.07) is 14.0. The Kier molecular flexibility index (Phi) is 5.08. The molecule has 3 aliphatic heterocycles. The molecule has 2 aromatic carbocycles. The molecule has 4 aliphatic rings. The van der Waals surface area contributed by atoms with Crippen molar-refractivity contribution in [1.82, 2.24) is 15.1 Å². The summed E-state index contributed by atoms with van der Waals surface area (Å²) < 4.78 is 0. The van der Waals surface area contributed by atoms with Gasteiger partial charge in [-0.3, -0.25) is 24.6 Å². The predicted molar refractivity (Wildman–Crippen MR) is 127 cm³/mol. The highest BCUT2D eigenvalue weighted by Crippen LogP contribution is 2.50. The molecule has 6 rings (SSSR count). The SMILES string of the molecule is NC1c2ccccc2CC12CCN(Cc1cccc3c1CN(C1CCC(=O)NC1=O)C3=O)CC2. The van der Waals surface area contributed by atoms with Gasteiger partial charge in [0, 0.05) is 31.1 Å². The van der Waals surface area contributed by atoms with E-state index in [-0.39, 0.29) is 35.6 Å². The van der Waals surface area contributed by atoms with E-state index in [1.807, 2.05) is 12.1 Å². The van der Waals surface area contributed by atoms with Crippen LogP contribution in [-0.2, 0) is 29.1 Å². The number of piperidine rings is 2. The van der Waals surface area contributed by atoms with Gasteiger partial charge in [-0.05, 0) is 72.5 Å². The number of nitrogens with two attached hydrogens (primary N) is 1.